The highest BCUT2D eigenvalue weighted by Gasteiger charge is 2.13. The van der Waals surface area contributed by atoms with Gasteiger partial charge in [0.25, 0.3) is 5.56 Å². The van der Waals surface area contributed by atoms with Gasteiger partial charge in [-0.2, -0.15) is 0 Å². The first kappa shape index (κ1) is 21.9. The smallest absolute Gasteiger partial charge is 0.258 e. The van der Waals surface area contributed by atoms with Crippen LogP contribution < -0.4 is 10.3 Å². The van der Waals surface area contributed by atoms with Gasteiger partial charge in [-0.15, -0.1) is 21.5 Å². The van der Waals surface area contributed by atoms with Crippen molar-refractivity contribution >= 4 is 39.7 Å². The number of benzene rings is 1. The van der Waals surface area contributed by atoms with Crippen molar-refractivity contribution in [3.8, 4) is 5.75 Å². The highest BCUT2D eigenvalue weighted by Crippen LogP contribution is 2.23. The maximum Gasteiger partial charge on any atom is 0.258 e. The Morgan fingerprint density at radius 1 is 1.26 bits per heavy atom. The average Bonchev–Trinajstić information content (AvgIpc) is 3.37. The van der Waals surface area contributed by atoms with Crippen LogP contribution in [0.15, 0.2) is 45.8 Å². The minimum atomic E-state index is -0.0598. The van der Waals surface area contributed by atoms with Gasteiger partial charge in [0.2, 0.25) is 0 Å². The number of halogens is 1. The largest absolute Gasteiger partial charge is 0.493 e. The van der Waals surface area contributed by atoms with E-state index in [0.29, 0.717) is 22.3 Å². The molecule has 0 N–H and O–H groups in total. The normalized spacial score (nSPS) is 11.3. The molecule has 0 atom stereocenters. The maximum atomic E-state index is 12.2. The molecule has 0 unspecified atom stereocenters. The van der Waals surface area contributed by atoms with E-state index in [-0.39, 0.29) is 5.56 Å². The van der Waals surface area contributed by atoms with Crippen molar-refractivity contribution in [1.29, 1.82) is 0 Å². The predicted molar refractivity (Wildman–Crippen MR) is 125 cm³/mol. The third-order valence-corrected chi connectivity index (χ3v) is 6.75. The molecular formula is C21H22ClN5O2S2. The Kier molecular flexibility index (Phi) is 6.94. The molecule has 31 heavy (non-hydrogen) atoms. The topological polar surface area (TPSA) is 74.3 Å². The summed E-state index contributed by atoms with van der Waals surface area (Å²) in [5.74, 6) is 2.35. The fraction of sp³-hybridized carbons (Fsp3) is 0.333. The maximum absolute atomic E-state index is 12.2. The van der Waals surface area contributed by atoms with Crippen LogP contribution in [0, 0.1) is 6.92 Å². The number of thioether (sulfide) groups is 1. The van der Waals surface area contributed by atoms with E-state index >= 15 is 0 Å². The lowest BCUT2D eigenvalue weighted by Crippen LogP contribution is -2.12. The molecule has 4 rings (SSSR count). The van der Waals surface area contributed by atoms with Gasteiger partial charge in [-0.25, -0.2) is 4.98 Å². The number of aromatic nitrogens is 5. The van der Waals surface area contributed by atoms with Crippen molar-refractivity contribution in [3.05, 3.63) is 68.3 Å². The van der Waals surface area contributed by atoms with Crippen LogP contribution in [0.2, 0.25) is 5.02 Å². The second kappa shape index (κ2) is 9.84. The number of thiazole rings is 1. The zero-order chi connectivity index (χ0) is 21.8. The molecule has 0 aliphatic carbocycles. The van der Waals surface area contributed by atoms with E-state index in [0.717, 1.165) is 47.4 Å². The highest BCUT2D eigenvalue weighted by atomic mass is 35.5. The number of hydrogen-bond acceptors (Lipinski definition) is 7. The predicted octanol–water partition coefficient (Wildman–Crippen LogP) is 4.63. The molecule has 0 aliphatic rings. The summed E-state index contributed by atoms with van der Waals surface area (Å²) in [6.45, 7) is 5.43. The van der Waals surface area contributed by atoms with Crippen molar-refractivity contribution in [2.24, 2.45) is 0 Å². The molecule has 3 aromatic heterocycles. The first-order valence-corrected chi connectivity index (χ1v) is 12.2. The molecule has 0 saturated heterocycles. The SMILES string of the molecule is CCn1c(CCCOc2ccc(Cl)cc2C)nnc1SCc1cc(=O)n2ccsc2n1. The summed E-state index contributed by atoms with van der Waals surface area (Å²) in [6.07, 6.45) is 3.34. The van der Waals surface area contributed by atoms with Crippen LogP contribution in [-0.4, -0.2) is 30.8 Å². The first-order chi connectivity index (χ1) is 15.0. The third kappa shape index (κ3) is 5.11. The number of rotatable bonds is 9. The summed E-state index contributed by atoms with van der Waals surface area (Å²) < 4.78 is 9.54. The average molecular weight is 476 g/mol. The van der Waals surface area contributed by atoms with E-state index in [9.17, 15) is 4.79 Å². The lowest BCUT2D eigenvalue weighted by molar-refractivity contribution is 0.307. The number of hydrogen-bond donors (Lipinski definition) is 0. The van der Waals surface area contributed by atoms with Gasteiger partial charge in [0.1, 0.15) is 11.6 Å². The molecule has 0 spiro atoms. The molecule has 4 aromatic rings. The van der Waals surface area contributed by atoms with E-state index in [4.69, 9.17) is 16.3 Å². The first-order valence-electron chi connectivity index (χ1n) is 9.94. The van der Waals surface area contributed by atoms with Crippen molar-refractivity contribution < 1.29 is 4.74 Å². The number of fused-ring (bicyclic) bond motifs is 1. The van der Waals surface area contributed by atoms with Gasteiger partial charge in [0, 0.05) is 41.4 Å². The fourth-order valence-electron chi connectivity index (χ4n) is 3.22. The van der Waals surface area contributed by atoms with Gasteiger partial charge < -0.3 is 9.30 Å². The molecular weight excluding hydrogens is 454 g/mol. The third-order valence-electron chi connectivity index (χ3n) is 4.75. The molecule has 0 fully saturated rings. The van der Waals surface area contributed by atoms with Crippen LogP contribution in [0.5, 0.6) is 5.75 Å². The van der Waals surface area contributed by atoms with E-state index in [1.54, 1.807) is 28.4 Å². The molecule has 162 valence electrons. The monoisotopic (exact) mass is 475 g/mol. The Hall–Kier alpha value is -2.36. The Balaban J connectivity index is 1.35. The summed E-state index contributed by atoms with van der Waals surface area (Å²) in [7, 11) is 0. The van der Waals surface area contributed by atoms with Crippen LogP contribution in [0.3, 0.4) is 0 Å². The molecule has 0 saturated carbocycles. The minimum absolute atomic E-state index is 0.0598. The summed E-state index contributed by atoms with van der Waals surface area (Å²) in [6, 6.07) is 7.21. The van der Waals surface area contributed by atoms with Crippen molar-refractivity contribution in [2.75, 3.05) is 6.61 Å². The number of ether oxygens (including phenoxy) is 1. The molecule has 1 aromatic carbocycles. The van der Waals surface area contributed by atoms with Gasteiger partial charge in [-0.05, 0) is 44.0 Å². The summed E-state index contributed by atoms with van der Waals surface area (Å²) in [5.41, 5.74) is 1.71. The molecule has 0 bridgehead atoms. The molecule has 0 amide bonds. The molecule has 10 heteroatoms. The molecule has 0 aliphatic heterocycles. The van der Waals surface area contributed by atoms with Crippen molar-refractivity contribution in [3.63, 3.8) is 0 Å². The van der Waals surface area contributed by atoms with Crippen LogP contribution in [0.4, 0.5) is 0 Å². The number of nitrogens with zero attached hydrogens (tertiary/aromatic N) is 5. The minimum Gasteiger partial charge on any atom is -0.493 e. The Bertz CT molecular complexity index is 1250. The van der Waals surface area contributed by atoms with Crippen molar-refractivity contribution in [1.82, 2.24) is 24.1 Å². The quantitative estimate of drug-likeness (QED) is 0.259. The second-order valence-corrected chi connectivity index (χ2v) is 9.19. The Morgan fingerprint density at radius 3 is 2.94 bits per heavy atom. The van der Waals surface area contributed by atoms with E-state index in [1.807, 2.05) is 30.5 Å². The lowest BCUT2D eigenvalue weighted by Gasteiger charge is -2.10. The van der Waals surface area contributed by atoms with E-state index in [2.05, 4.69) is 26.7 Å². The Morgan fingerprint density at radius 2 is 2.13 bits per heavy atom. The summed E-state index contributed by atoms with van der Waals surface area (Å²) in [5, 5.41) is 12.1. The summed E-state index contributed by atoms with van der Waals surface area (Å²) in [4.78, 5) is 17.4. The number of aryl methyl sites for hydroxylation is 2. The second-order valence-electron chi connectivity index (χ2n) is 6.93. The lowest BCUT2D eigenvalue weighted by atomic mass is 10.2. The standard InChI is InChI=1S/C21H22ClN5O2S2/c1-3-26-18(5-4-9-29-17-7-6-15(22)11-14(17)2)24-25-21(26)31-13-16-12-19(28)27-8-10-30-20(27)23-16/h6-8,10-12H,3-5,9,13H2,1-2H3. The zero-order valence-corrected chi connectivity index (χ0v) is 19.6. The van der Waals surface area contributed by atoms with E-state index in [1.165, 1.54) is 11.3 Å². The molecule has 0 radical (unpaired) electrons. The van der Waals surface area contributed by atoms with Gasteiger partial charge in [-0.1, -0.05) is 23.4 Å². The Labute approximate surface area is 193 Å². The van der Waals surface area contributed by atoms with Gasteiger partial charge in [0.05, 0.1) is 12.3 Å². The van der Waals surface area contributed by atoms with Gasteiger partial charge >= 0.3 is 0 Å². The van der Waals surface area contributed by atoms with Crippen molar-refractivity contribution in [2.45, 2.75) is 44.1 Å². The van der Waals surface area contributed by atoms with Gasteiger partial charge in [-0.3, -0.25) is 9.20 Å². The van der Waals surface area contributed by atoms with Crippen LogP contribution in [0.1, 0.15) is 30.4 Å². The van der Waals surface area contributed by atoms with E-state index < -0.39 is 0 Å². The fourth-order valence-corrected chi connectivity index (χ4v) is 5.09. The highest BCUT2D eigenvalue weighted by molar-refractivity contribution is 7.98. The molecule has 3 heterocycles. The van der Waals surface area contributed by atoms with Gasteiger partial charge in [0.15, 0.2) is 10.1 Å². The van der Waals surface area contributed by atoms with Crippen LogP contribution in [0.25, 0.3) is 4.96 Å². The molecule has 7 nitrogen and oxygen atoms in total. The van der Waals surface area contributed by atoms with Crippen LogP contribution >= 0.6 is 34.7 Å². The summed E-state index contributed by atoms with van der Waals surface area (Å²) >= 11 is 8.99. The van der Waals surface area contributed by atoms with Crippen LogP contribution in [-0.2, 0) is 18.7 Å². The zero-order valence-electron chi connectivity index (χ0n) is 17.2.